The summed E-state index contributed by atoms with van der Waals surface area (Å²) in [5, 5.41) is 3.01. The number of sulfonamides is 1. The Labute approximate surface area is 160 Å². The Bertz CT molecular complexity index is 923. The van der Waals surface area contributed by atoms with Crippen LogP contribution in [0.15, 0.2) is 54.6 Å². The molecule has 1 saturated heterocycles. The maximum atomic E-state index is 13.0. The van der Waals surface area contributed by atoms with E-state index < -0.39 is 10.0 Å². The highest BCUT2D eigenvalue weighted by Gasteiger charge is 2.37. The van der Waals surface area contributed by atoms with Gasteiger partial charge in [-0.3, -0.25) is 9.10 Å². The second-order valence-corrected chi connectivity index (χ2v) is 9.37. The fourth-order valence-corrected chi connectivity index (χ4v) is 5.40. The largest absolute Gasteiger partial charge is 0.325 e. The molecular formula is C21H24N2O3S. The molecule has 1 unspecified atom stereocenters. The third kappa shape index (κ3) is 4.00. The summed E-state index contributed by atoms with van der Waals surface area (Å²) in [6.07, 6.45) is 3.70. The van der Waals surface area contributed by atoms with Gasteiger partial charge >= 0.3 is 0 Å². The van der Waals surface area contributed by atoms with Gasteiger partial charge in [0.1, 0.15) is 0 Å². The molecule has 1 N–H and O–H groups in total. The smallest absolute Gasteiger partial charge is 0.235 e. The molecule has 1 heterocycles. The molecule has 1 atom stereocenters. The number of amides is 1. The van der Waals surface area contributed by atoms with Crippen LogP contribution in [0.2, 0.25) is 0 Å². The molecule has 6 heteroatoms. The summed E-state index contributed by atoms with van der Waals surface area (Å²) in [6.45, 7) is 0.494. The number of benzene rings is 2. The monoisotopic (exact) mass is 384 g/mol. The number of rotatable bonds is 5. The lowest BCUT2D eigenvalue weighted by Crippen LogP contribution is -2.37. The molecule has 0 aromatic heterocycles. The minimum Gasteiger partial charge on any atom is -0.325 e. The molecule has 2 aromatic rings. The molecule has 2 aromatic carbocycles. The van der Waals surface area contributed by atoms with Crippen LogP contribution in [0.1, 0.15) is 37.2 Å². The van der Waals surface area contributed by atoms with Gasteiger partial charge < -0.3 is 5.32 Å². The van der Waals surface area contributed by atoms with Crippen molar-refractivity contribution < 1.29 is 13.2 Å². The SMILES string of the molecule is O=C(Nc1cccc(N2CCCCS2(=O)=O)c1)C(c1ccccc1)C1CC1. The second-order valence-electron chi connectivity index (χ2n) is 7.36. The molecule has 142 valence electrons. The van der Waals surface area contributed by atoms with Crippen molar-refractivity contribution in [2.24, 2.45) is 5.92 Å². The van der Waals surface area contributed by atoms with Gasteiger partial charge in [-0.2, -0.15) is 0 Å². The summed E-state index contributed by atoms with van der Waals surface area (Å²) in [7, 11) is -3.26. The topological polar surface area (TPSA) is 66.5 Å². The molecule has 1 saturated carbocycles. The van der Waals surface area contributed by atoms with E-state index in [1.807, 2.05) is 36.4 Å². The third-order valence-electron chi connectivity index (χ3n) is 5.29. The number of hydrogen-bond acceptors (Lipinski definition) is 3. The van der Waals surface area contributed by atoms with Gasteiger partial charge in [0.25, 0.3) is 0 Å². The van der Waals surface area contributed by atoms with Crippen molar-refractivity contribution in [1.29, 1.82) is 0 Å². The Morgan fingerprint density at radius 3 is 2.52 bits per heavy atom. The highest BCUT2D eigenvalue weighted by Crippen LogP contribution is 2.43. The molecule has 1 amide bonds. The molecule has 5 nitrogen and oxygen atoms in total. The number of anilines is 2. The van der Waals surface area contributed by atoms with E-state index in [1.54, 1.807) is 18.2 Å². The van der Waals surface area contributed by atoms with Crippen LogP contribution in [0.3, 0.4) is 0 Å². The van der Waals surface area contributed by atoms with Gasteiger partial charge in [0, 0.05) is 12.2 Å². The van der Waals surface area contributed by atoms with Crippen LogP contribution in [0.25, 0.3) is 0 Å². The number of carbonyl (C=O) groups is 1. The van der Waals surface area contributed by atoms with E-state index >= 15 is 0 Å². The van der Waals surface area contributed by atoms with E-state index in [4.69, 9.17) is 0 Å². The molecule has 1 aliphatic carbocycles. The van der Waals surface area contributed by atoms with Gasteiger partial charge in [-0.25, -0.2) is 8.42 Å². The van der Waals surface area contributed by atoms with Crippen molar-refractivity contribution in [3.63, 3.8) is 0 Å². The number of nitrogens with one attached hydrogen (secondary N) is 1. The molecule has 1 aliphatic heterocycles. The summed E-state index contributed by atoms with van der Waals surface area (Å²) in [5.74, 6) is 0.385. The van der Waals surface area contributed by atoms with Crippen LogP contribution in [-0.2, 0) is 14.8 Å². The molecule has 0 bridgehead atoms. The Kier molecular flexibility index (Phi) is 4.91. The Morgan fingerprint density at radius 1 is 1.04 bits per heavy atom. The average Bonchev–Trinajstić information content (AvgIpc) is 3.47. The first-order valence-corrected chi connectivity index (χ1v) is 11.1. The minimum atomic E-state index is -3.26. The minimum absolute atomic E-state index is 0.0256. The maximum absolute atomic E-state index is 13.0. The van der Waals surface area contributed by atoms with Crippen LogP contribution < -0.4 is 9.62 Å². The maximum Gasteiger partial charge on any atom is 0.235 e. The summed E-state index contributed by atoms with van der Waals surface area (Å²) >= 11 is 0. The van der Waals surface area contributed by atoms with Crippen LogP contribution in [0.4, 0.5) is 11.4 Å². The lowest BCUT2D eigenvalue weighted by Gasteiger charge is -2.28. The molecular weight excluding hydrogens is 360 g/mol. The molecule has 2 fully saturated rings. The van der Waals surface area contributed by atoms with Crippen molar-refractivity contribution in [2.75, 3.05) is 21.9 Å². The zero-order valence-corrected chi connectivity index (χ0v) is 16.0. The number of hydrogen-bond donors (Lipinski definition) is 1. The van der Waals surface area contributed by atoms with Gasteiger partial charge in [-0.05, 0) is 55.4 Å². The first-order valence-electron chi connectivity index (χ1n) is 9.51. The fourth-order valence-electron chi connectivity index (χ4n) is 3.77. The zero-order valence-electron chi connectivity index (χ0n) is 15.2. The molecule has 0 radical (unpaired) electrons. The Balaban J connectivity index is 1.55. The normalized spacial score (nSPS) is 20.1. The summed E-state index contributed by atoms with van der Waals surface area (Å²) < 4.78 is 26.2. The first kappa shape index (κ1) is 18.0. The van der Waals surface area contributed by atoms with Crippen molar-refractivity contribution in [2.45, 2.75) is 31.6 Å². The van der Waals surface area contributed by atoms with Crippen LogP contribution >= 0.6 is 0 Å². The van der Waals surface area contributed by atoms with Gasteiger partial charge in [0.05, 0.1) is 17.4 Å². The van der Waals surface area contributed by atoms with Crippen LogP contribution in [-0.4, -0.2) is 26.6 Å². The first-order chi connectivity index (χ1) is 13.0. The van der Waals surface area contributed by atoms with E-state index in [9.17, 15) is 13.2 Å². The van der Waals surface area contributed by atoms with E-state index in [-0.39, 0.29) is 17.6 Å². The van der Waals surface area contributed by atoms with Crippen molar-refractivity contribution in [3.05, 3.63) is 60.2 Å². The van der Waals surface area contributed by atoms with Crippen molar-refractivity contribution >= 4 is 27.3 Å². The lowest BCUT2D eigenvalue weighted by atomic mass is 9.93. The van der Waals surface area contributed by atoms with E-state index in [0.29, 0.717) is 30.3 Å². The lowest BCUT2D eigenvalue weighted by molar-refractivity contribution is -0.118. The quantitative estimate of drug-likeness (QED) is 0.854. The second kappa shape index (κ2) is 7.35. The zero-order chi connectivity index (χ0) is 18.9. The Hall–Kier alpha value is -2.34. The molecule has 27 heavy (non-hydrogen) atoms. The number of carbonyl (C=O) groups excluding carboxylic acids is 1. The van der Waals surface area contributed by atoms with Gasteiger partial charge in [-0.1, -0.05) is 36.4 Å². The van der Waals surface area contributed by atoms with Gasteiger partial charge in [-0.15, -0.1) is 0 Å². The van der Waals surface area contributed by atoms with Crippen LogP contribution in [0.5, 0.6) is 0 Å². The fraction of sp³-hybridized carbons (Fsp3) is 0.381. The summed E-state index contributed by atoms with van der Waals surface area (Å²) in [4.78, 5) is 13.0. The Morgan fingerprint density at radius 2 is 1.81 bits per heavy atom. The van der Waals surface area contributed by atoms with E-state index in [1.165, 1.54) is 4.31 Å². The van der Waals surface area contributed by atoms with Crippen LogP contribution in [0, 0.1) is 5.92 Å². The average molecular weight is 385 g/mol. The molecule has 2 aliphatic rings. The molecule has 4 rings (SSSR count). The van der Waals surface area contributed by atoms with Gasteiger partial charge in [0.2, 0.25) is 15.9 Å². The predicted octanol–water partition coefficient (Wildman–Crippen LogP) is 3.75. The van der Waals surface area contributed by atoms with Crippen molar-refractivity contribution in [3.8, 4) is 0 Å². The summed E-state index contributed by atoms with van der Waals surface area (Å²) in [5.41, 5.74) is 2.29. The van der Waals surface area contributed by atoms with Gasteiger partial charge in [0.15, 0.2) is 0 Å². The van der Waals surface area contributed by atoms with Crippen molar-refractivity contribution in [1.82, 2.24) is 0 Å². The predicted molar refractivity (Wildman–Crippen MR) is 107 cm³/mol. The third-order valence-corrected chi connectivity index (χ3v) is 7.16. The molecule has 0 spiro atoms. The number of nitrogens with zero attached hydrogens (tertiary/aromatic N) is 1. The highest BCUT2D eigenvalue weighted by atomic mass is 32.2. The van der Waals surface area contributed by atoms with E-state index in [0.717, 1.165) is 24.8 Å². The standard InChI is InChI=1S/C21H24N2O3S/c24-21(20(17-11-12-17)16-7-2-1-3-8-16)22-18-9-6-10-19(15-18)23-13-4-5-14-27(23,25)26/h1-3,6-10,15,17,20H,4-5,11-14H2,(H,22,24). The highest BCUT2D eigenvalue weighted by molar-refractivity contribution is 7.92. The summed E-state index contributed by atoms with van der Waals surface area (Å²) in [6, 6.07) is 17.0. The van der Waals surface area contributed by atoms with E-state index in [2.05, 4.69) is 5.32 Å².